The van der Waals surface area contributed by atoms with Crippen molar-refractivity contribution >= 4 is 57.9 Å². The Bertz CT molecular complexity index is 2520. The number of rotatable bonds is 10. The summed E-state index contributed by atoms with van der Waals surface area (Å²) in [5.74, 6) is 0.578. The fraction of sp³-hybridized carbons (Fsp3) is 0.178. The average molecular weight is 756 g/mol. The molecule has 2 aliphatic rings. The van der Waals surface area contributed by atoms with Gasteiger partial charge in [-0.1, -0.05) is 72.8 Å². The van der Waals surface area contributed by atoms with Gasteiger partial charge in [-0.05, 0) is 68.3 Å². The van der Waals surface area contributed by atoms with Crippen LogP contribution in [-0.4, -0.2) is 58.0 Å². The van der Waals surface area contributed by atoms with Crippen LogP contribution in [-0.2, 0) is 17.9 Å². The van der Waals surface area contributed by atoms with Crippen molar-refractivity contribution in [3.05, 3.63) is 161 Å². The number of nitrogens with zero attached hydrogens (tertiary/aromatic N) is 7. The minimum atomic E-state index is -0.628. The molecule has 0 bridgehead atoms. The number of aryl methyl sites for hydroxylation is 2. The summed E-state index contributed by atoms with van der Waals surface area (Å²) in [7, 11) is 1.69. The summed E-state index contributed by atoms with van der Waals surface area (Å²) in [4.78, 5) is 64.9. The largest absolute Gasteiger partial charge is 0.378 e. The van der Waals surface area contributed by atoms with Crippen molar-refractivity contribution in [2.75, 3.05) is 38.9 Å². The number of pyridine rings is 1. The van der Waals surface area contributed by atoms with E-state index in [1.165, 1.54) is 4.90 Å². The van der Waals surface area contributed by atoms with Gasteiger partial charge in [0.1, 0.15) is 11.9 Å². The average Bonchev–Trinajstić information content (AvgIpc) is 3.33. The number of benzodiazepines with no additional fused rings is 1. The van der Waals surface area contributed by atoms with Gasteiger partial charge in [0, 0.05) is 46.9 Å². The van der Waals surface area contributed by atoms with Crippen LogP contribution in [0.3, 0.4) is 0 Å². The van der Waals surface area contributed by atoms with Gasteiger partial charge in [-0.25, -0.2) is 9.78 Å². The zero-order valence-electron chi connectivity index (χ0n) is 32.1. The Morgan fingerprint density at radius 1 is 0.825 bits per heavy atom. The van der Waals surface area contributed by atoms with Crippen LogP contribution < -0.4 is 25.3 Å². The molecule has 3 amide bonds. The fourth-order valence-electron chi connectivity index (χ4n) is 7.07. The Balaban J connectivity index is 1.03. The third kappa shape index (κ3) is 7.57. The molecule has 0 spiro atoms. The number of fused-ring (bicyclic) bond motifs is 2. The zero-order chi connectivity index (χ0) is 39.6. The molecule has 4 aromatic carbocycles. The number of aromatic nitrogens is 3. The first kappa shape index (κ1) is 36.8. The quantitative estimate of drug-likeness (QED) is 0.135. The number of urea groups is 1. The molecule has 284 valence electrons. The highest BCUT2D eigenvalue weighted by molar-refractivity contribution is 6.20. The number of hydrogen-bond acceptors (Lipinski definition) is 9. The van der Waals surface area contributed by atoms with Crippen LogP contribution in [0.15, 0.2) is 127 Å². The molecule has 0 saturated carbocycles. The number of benzene rings is 4. The third-order valence-corrected chi connectivity index (χ3v) is 10.2. The number of carbonyl (C=O) groups is 3. The lowest BCUT2D eigenvalue weighted by Gasteiger charge is -2.35. The minimum absolute atomic E-state index is 0.0131. The standard InChI is InChI=1S/C45H41N9O3/c1-28-15-18-35(22-38(28)54-27-34-23-48-44(51-42(34)52(4)45(54)57)50-36-19-16-29(2)46-24-36)47-25-40(55)33-17-20-37-39(21-33)53(26-31-11-7-5-8-12-31)43(56)30(3)49-41(37)32-13-9-6-10-14-32/h5-24,30,47H,25-27H2,1-4H3,(H,48,50,51)/t30-/m0/s1. The number of anilines is 6. The molecule has 57 heavy (non-hydrogen) atoms. The first-order valence-electron chi connectivity index (χ1n) is 18.7. The Kier molecular flexibility index (Phi) is 9.99. The molecule has 2 N–H and O–H groups in total. The van der Waals surface area contributed by atoms with E-state index in [2.05, 4.69) is 25.6 Å². The van der Waals surface area contributed by atoms with E-state index in [0.717, 1.165) is 39.2 Å². The second-order valence-corrected chi connectivity index (χ2v) is 14.2. The van der Waals surface area contributed by atoms with Crippen LogP contribution in [0.25, 0.3) is 0 Å². The molecular weight excluding hydrogens is 715 g/mol. The number of ketones is 1. The van der Waals surface area contributed by atoms with Crippen molar-refractivity contribution in [2.45, 2.75) is 39.9 Å². The highest BCUT2D eigenvalue weighted by Crippen LogP contribution is 2.34. The predicted molar refractivity (Wildman–Crippen MR) is 224 cm³/mol. The molecule has 2 aliphatic heterocycles. The molecule has 2 aromatic heterocycles. The summed E-state index contributed by atoms with van der Waals surface area (Å²) in [5.41, 5.74) is 9.13. The molecule has 12 nitrogen and oxygen atoms in total. The summed E-state index contributed by atoms with van der Waals surface area (Å²) < 4.78 is 0. The van der Waals surface area contributed by atoms with Crippen LogP contribution in [0.4, 0.5) is 39.3 Å². The molecule has 0 aliphatic carbocycles. The second-order valence-electron chi connectivity index (χ2n) is 14.2. The van der Waals surface area contributed by atoms with Gasteiger partial charge in [-0.2, -0.15) is 4.98 Å². The molecule has 8 rings (SSSR count). The Hall–Kier alpha value is -7.21. The Morgan fingerprint density at radius 2 is 1.58 bits per heavy atom. The normalized spacial score (nSPS) is 15.1. The van der Waals surface area contributed by atoms with Gasteiger partial charge in [0.15, 0.2) is 5.78 Å². The van der Waals surface area contributed by atoms with Crippen LogP contribution in [0.1, 0.15) is 50.8 Å². The topological polar surface area (TPSA) is 136 Å². The first-order valence-corrected chi connectivity index (χ1v) is 18.7. The van der Waals surface area contributed by atoms with Crippen LogP contribution in [0, 0.1) is 13.8 Å². The lowest BCUT2D eigenvalue weighted by Crippen LogP contribution is -2.46. The molecular formula is C45H41N9O3. The smallest absolute Gasteiger partial charge is 0.330 e. The Morgan fingerprint density at radius 3 is 2.33 bits per heavy atom. The molecule has 0 saturated heterocycles. The van der Waals surface area contributed by atoms with Crippen molar-refractivity contribution in [2.24, 2.45) is 4.99 Å². The monoisotopic (exact) mass is 755 g/mol. The molecule has 0 unspecified atom stereocenters. The maximum Gasteiger partial charge on any atom is 0.330 e. The van der Waals surface area contributed by atoms with Gasteiger partial charge in [-0.3, -0.25) is 29.4 Å². The highest BCUT2D eigenvalue weighted by atomic mass is 16.2. The zero-order valence-corrected chi connectivity index (χ0v) is 32.1. The van der Waals surface area contributed by atoms with Gasteiger partial charge in [-0.15, -0.1) is 0 Å². The van der Waals surface area contributed by atoms with Crippen LogP contribution in [0.5, 0.6) is 0 Å². The van der Waals surface area contributed by atoms with Crippen LogP contribution in [0.2, 0.25) is 0 Å². The van der Waals surface area contributed by atoms with Crippen molar-refractivity contribution in [1.82, 2.24) is 15.0 Å². The van der Waals surface area contributed by atoms with E-state index < -0.39 is 6.04 Å². The number of hydrogen-bond donors (Lipinski definition) is 2. The lowest BCUT2D eigenvalue weighted by atomic mass is 9.97. The van der Waals surface area contributed by atoms with Crippen molar-refractivity contribution in [3.8, 4) is 0 Å². The third-order valence-electron chi connectivity index (χ3n) is 10.2. The Labute approximate surface area is 331 Å². The van der Waals surface area contributed by atoms with E-state index in [1.54, 1.807) is 41.4 Å². The summed E-state index contributed by atoms with van der Waals surface area (Å²) in [6.45, 7) is 6.26. The summed E-state index contributed by atoms with van der Waals surface area (Å²) in [6.07, 6.45) is 3.43. The first-order chi connectivity index (χ1) is 27.6. The fourth-order valence-corrected chi connectivity index (χ4v) is 7.07. The number of carbonyl (C=O) groups excluding carboxylic acids is 3. The van der Waals surface area contributed by atoms with E-state index in [4.69, 9.17) is 4.99 Å². The number of aliphatic imine (C=N–C) groups is 1. The van der Waals surface area contributed by atoms with Crippen molar-refractivity contribution in [3.63, 3.8) is 0 Å². The van der Waals surface area contributed by atoms with Crippen LogP contribution >= 0.6 is 0 Å². The van der Waals surface area contributed by atoms with Gasteiger partial charge < -0.3 is 15.5 Å². The van der Waals surface area contributed by atoms with E-state index in [1.807, 2.05) is 118 Å². The lowest BCUT2D eigenvalue weighted by molar-refractivity contribution is -0.119. The van der Waals surface area contributed by atoms with E-state index in [9.17, 15) is 14.4 Å². The summed E-state index contributed by atoms with van der Waals surface area (Å²) in [5, 5.41) is 6.44. The van der Waals surface area contributed by atoms with Crippen molar-refractivity contribution in [1.29, 1.82) is 0 Å². The number of amides is 3. The predicted octanol–water partition coefficient (Wildman–Crippen LogP) is 7.88. The molecule has 0 fully saturated rings. The van der Waals surface area contributed by atoms with Gasteiger partial charge in [0.05, 0.1) is 48.6 Å². The van der Waals surface area contributed by atoms with E-state index in [-0.39, 0.29) is 30.8 Å². The molecule has 1 atom stereocenters. The van der Waals surface area contributed by atoms with Gasteiger partial charge >= 0.3 is 6.03 Å². The molecule has 6 aromatic rings. The maximum atomic E-state index is 14.0. The van der Waals surface area contributed by atoms with E-state index >= 15 is 0 Å². The summed E-state index contributed by atoms with van der Waals surface area (Å²) in [6, 6.07) is 33.7. The molecule has 12 heteroatoms. The maximum absolute atomic E-state index is 14.0. The van der Waals surface area contributed by atoms with Crippen molar-refractivity contribution < 1.29 is 14.4 Å². The SMILES string of the molecule is Cc1ccc(Nc2ncc3c(n2)N(C)C(=O)N(c2cc(NCC(=O)c4ccc5c(c4)N(Cc4ccccc4)C(=O)[C@H](C)N=C5c4ccccc4)ccc2C)C3)cn1. The van der Waals surface area contributed by atoms with E-state index in [0.29, 0.717) is 46.6 Å². The molecule has 4 heterocycles. The van der Waals surface area contributed by atoms with Gasteiger partial charge in [0.25, 0.3) is 5.91 Å². The minimum Gasteiger partial charge on any atom is -0.378 e. The second kappa shape index (κ2) is 15.5. The summed E-state index contributed by atoms with van der Waals surface area (Å²) >= 11 is 0. The molecule has 0 radical (unpaired) electrons. The number of nitrogens with one attached hydrogen (secondary N) is 2. The van der Waals surface area contributed by atoms with Gasteiger partial charge in [0.2, 0.25) is 5.95 Å². The number of Topliss-reactive ketones (excluding diaryl/α,β-unsaturated/α-hetero) is 1. The highest BCUT2D eigenvalue weighted by Gasteiger charge is 2.33.